The van der Waals surface area contributed by atoms with Crippen LogP contribution in [-0.4, -0.2) is 49.7 Å². The zero-order valence-corrected chi connectivity index (χ0v) is 11.5. The van der Waals surface area contributed by atoms with E-state index in [9.17, 15) is 4.79 Å². The molecule has 2 saturated heterocycles. The Morgan fingerprint density at radius 1 is 1.33 bits per heavy atom. The van der Waals surface area contributed by atoms with E-state index in [2.05, 4.69) is 12.2 Å². The maximum atomic E-state index is 12.4. The second kappa shape index (κ2) is 7.10. The van der Waals surface area contributed by atoms with Crippen molar-refractivity contribution in [3.63, 3.8) is 0 Å². The highest BCUT2D eigenvalue weighted by molar-refractivity contribution is 5.81. The number of piperidine rings is 1. The maximum Gasteiger partial charge on any atom is 0.251 e. The van der Waals surface area contributed by atoms with Crippen LogP contribution in [0.2, 0.25) is 0 Å². The van der Waals surface area contributed by atoms with E-state index < -0.39 is 0 Å². The van der Waals surface area contributed by atoms with E-state index >= 15 is 0 Å². The number of likely N-dealkylation sites (N-methyl/N-ethyl adjacent to an activating group) is 1. The number of carbonyl (C=O) groups excluding carboxylic acids is 1. The van der Waals surface area contributed by atoms with Crippen molar-refractivity contribution >= 4 is 5.91 Å². The summed E-state index contributed by atoms with van der Waals surface area (Å²) in [6, 6.07) is 0. The van der Waals surface area contributed by atoms with Gasteiger partial charge in [0, 0.05) is 19.7 Å². The summed E-state index contributed by atoms with van der Waals surface area (Å²) in [6.07, 6.45) is 5.42. The molecule has 0 aliphatic carbocycles. The van der Waals surface area contributed by atoms with Crippen molar-refractivity contribution in [2.45, 2.75) is 45.1 Å². The van der Waals surface area contributed by atoms with Gasteiger partial charge in [0.15, 0.2) is 0 Å². The topological polar surface area (TPSA) is 41.6 Å². The normalized spacial score (nSPS) is 28.9. The van der Waals surface area contributed by atoms with E-state index in [0.29, 0.717) is 5.92 Å². The molecule has 2 aliphatic rings. The summed E-state index contributed by atoms with van der Waals surface area (Å²) in [5.41, 5.74) is 0. The first-order valence-corrected chi connectivity index (χ1v) is 7.42. The number of hydrogen-bond donors (Lipinski definition) is 1. The number of amides is 1. The molecule has 2 atom stereocenters. The minimum absolute atomic E-state index is 0.171. The monoisotopic (exact) mass is 254 g/mol. The van der Waals surface area contributed by atoms with Gasteiger partial charge in [0.2, 0.25) is 0 Å². The van der Waals surface area contributed by atoms with Crippen LogP contribution in [0.4, 0.5) is 0 Å². The molecule has 2 aliphatic heterocycles. The zero-order valence-electron chi connectivity index (χ0n) is 11.5. The second-order valence-corrected chi connectivity index (χ2v) is 5.44. The highest BCUT2D eigenvalue weighted by Gasteiger charge is 2.27. The quantitative estimate of drug-likeness (QED) is 0.824. The van der Waals surface area contributed by atoms with Crippen LogP contribution >= 0.6 is 0 Å². The molecule has 104 valence electrons. The lowest BCUT2D eigenvalue weighted by Gasteiger charge is -2.32. The summed E-state index contributed by atoms with van der Waals surface area (Å²) in [7, 11) is 0. The summed E-state index contributed by atoms with van der Waals surface area (Å²) in [4.78, 5) is 14.4. The number of carbonyl (C=O) groups is 1. The number of hydrogen-bond acceptors (Lipinski definition) is 3. The molecule has 0 aromatic carbocycles. The third-order valence-electron chi connectivity index (χ3n) is 4.03. The number of ether oxygens (including phenoxy) is 1. The molecule has 1 N–H and O–H groups in total. The second-order valence-electron chi connectivity index (χ2n) is 5.44. The highest BCUT2D eigenvalue weighted by atomic mass is 16.5. The lowest BCUT2D eigenvalue weighted by atomic mass is 9.98. The fourth-order valence-electron chi connectivity index (χ4n) is 2.91. The van der Waals surface area contributed by atoms with Crippen molar-refractivity contribution in [2.24, 2.45) is 5.92 Å². The molecule has 18 heavy (non-hydrogen) atoms. The van der Waals surface area contributed by atoms with Crippen LogP contribution in [-0.2, 0) is 9.53 Å². The van der Waals surface area contributed by atoms with Gasteiger partial charge in [-0.25, -0.2) is 0 Å². The average molecular weight is 254 g/mol. The first-order valence-electron chi connectivity index (χ1n) is 7.42. The van der Waals surface area contributed by atoms with Crippen molar-refractivity contribution in [2.75, 3.05) is 32.8 Å². The molecule has 2 fully saturated rings. The van der Waals surface area contributed by atoms with Crippen LogP contribution in [0.3, 0.4) is 0 Å². The van der Waals surface area contributed by atoms with E-state index in [0.717, 1.165) is 52.0 Å². The number of rotatable bonds is 4. The van der Waals surface area contributed by atoms with Crippen LogP contribution in [0.5, 0.6) is 0 Å². The van der Waals surface area contributed by atoms with Gasteiger partial charge in [-0.2, -0.15) is 0 Å². The molecular formula is C14H26N2O2. The van der Waals surface area contributed by atoms with Crippen molar-refractivity contribution in [1.82, 2.24) is 10.2 Å². The van der Waals surface area contributed by atoms with Gasteiger partial charge in [-0.05, 0) is 58.0 Å². The first kappa shape index (κ1) is 13.8. The average Bonchev–Trinajstić information content (AvgIpc) is 2.46. The van der Waals surface area contributed by atoms with Gasteiger partial charge < -0.3 is 15.0 Å². The molecule has 0 radical (unpaired) electrons. The van der Waals surface area contributed by atoms with Crippen LogP contribution in [0.25, 0.3) is 0 Å². The van der Waals surface area contributed by atoms with E-state index in [-0.39, 0.29) is 12.0 Å². The molecule has 0 bridgehead atoms. The molecule has 4 heteroatoms. The Balaban J connectivity index is 1.84. The van der Waals surface area contributed by atoms with Gasteiger partial charge in [0.1, 0.15) is 6.10 Å². The number of nitrogens with one attached hydrogen (secondary N) is 1. The van der Waals surface area contributed by atoms with Gasteiger partial charge >= 0.3 is 0 Å². The van der Waals surface area contributed by atoms with Crippen molar-refractivity contribution in [3.8, 4) is 0 Å². The highest BCUT2D eigenvalue weighted by Crippen LogP contribution is 2.17. The van der Waals surface area contributed by atoms with Crippen LogP contribution in [0, 0.1) is 5.92 Å². The number of nitrogens with zero attached hydrogens (tertiary/aromatic N) is 1. The molecule has 0 spiro atoms. The molecule has 4 nitrogen and oxygen atoms in total. The Kier molecular flexibility index (Phi) is 5.45. The minimum Gasteiger partial charge on any atom is -0.368 e. The van der Waals surface area contributed by atoms with Gasteiger partial charge in [0.25, 0.3) is 5.91 Å². The van der Waals surface area contributed by atoms with Gasteiger partial charge in [-0.3, -0.25) is 4.79 Å². The van der Waals surface area contributed by atoms with Crippen LogP contribution in [0.15, 0.2) is 0 Å². The van der Waals surface area contributed by atoms with E-state index in [1.165, 1.54) is 12.8 Å². The minimum atomic E-state index is -0.171. The molecule has 1 amide bonds. The Hall–Kier alpha value is -0.610. The van der Waals surface area contributed by atoms with Crippen LogP contribution < -0.4 is 5.32 Å². The Morgan fingerprint density at radius 3 is 2.83 bits per heavy atom. The van der Waals surface area contributed by atoms with Gasteiger partial charge in [-0.15, -0.1) is 0 Å². The largest absolute Gasteiger partial charge is 0.368 e. The standard InChI is InChI=1S/C14H26N2O2/c1-2-16(11-12-6-5-8-15-10-12)14(17)13-7-3-4-9-18-13/h12-13,15H,2-11H2,1H3. The van der Waals surface area contributed by atoms with E-state index in [1.807, 2.05) is 4.90 Å². The summed E-state index contributed by atoms with van der Waals surface area (Å²) in [6.45, 7) is 6.69. The third-order valence-corrected chi connectivity index (χ3v) is 4.03. The molecule has 2 heterocycles. The Labute approximate surface area is 110 Å². The van der Waals surface area contributed by atoms with E-state index in [4.69, 9.17) is 4.74 Å². The zero-order chi connectivity index (χ0) is 12.8. The van der Waals surface area contributed by atoms with Crippen molar-refractivity contribution in [1.29, 1.82) is 0 Å². The van der Waals surface area contributed by atoms with Gasteiger partial charge in [-0.1, -0.05) is 0 Å². The molecular weight excluding hydrogens is 228 g/mol. The Bertz CT molecular complexity index is 259. The van der Waals surface area contributed by atoms with Crippen molar-refractivity contribution < 1.29 is 9.53 Å². The Morgan fingerprint density at radius 2 is 2.22 bits per heavy atom. The smallest absolute Gasteiger partial charge is 0.251 e. The fourth-order valence-corrected chi connectivity index (χ4v) is 2.91. The summed E-state index contributed by atoms with van der Waals surface area (Å²) >= 11 is 0. The first-order chi connectivity index (χ1) is 8.81. The third kappa shape index (κ3) is 3.69. The molecule has 0 saturated carbocycles. The summed E-state index contributed by atoms with van der Waals surface area (Å²) in [5, 5.41) is 3.41. The fraction of sp³-hybridized carbons (Fsp3) is 0.929. The van der Waals surface area contributed by atoms with E-state index in [1.54, 1.807) is 0 Å². The molecule has 0 aromatic rings. The maximum absolute atomic E-state index is 12.4. The summed E-state index contributed by atoms with van der Waals surface area (Å²) in [5.74, 6) is 0.828. The lowest BCUT2D eigenvalue weighted by molar-refractivity contribution is -0.147. The van der Waals surface area contributed by atoms with Crippen molar-refractivity contribution in [3.05, 3.63) is 0 Å². The molecule has 2 rings (SSSR count). The molecule has 0 aromatic heterocycles. The van der Waals surface area contributed by atoms with Crippen LogP contribution in [0.1, 0.15) is 39.0 Å². The lowest BCUT2D eigenvalue weighted by Crippen LogP contribution is -2.46. The molecule has 2 unspecified atom stereocenters. The van der Waals surface area contributed by atoms with Gasteiger partial charge in [0.05, 0.1) is 0 Å². The predicted octanol–water partition coefficient (Wildman–Crippen LogP) is 1.40. The summed E-state index contributed by atoms with van der Waals surface area (Å²) < 4.78 is 5.60. The predicted molar refractivity (Wildman–Crippen MR) is 71.4 cm³/mol. The SMILES string of the molecule is CCN(CC1CCCNC1)C(=O)C1CCCCO1.